The van der Waals surface area contributed by atoms with Gasteiger partial charge in [0.15, 0.2) is 6.10 Å². The van der Waals surface area contributed by atoms with Crippen molar-refractivity contribution in [2.75, 3.05) is 6.54 Å². The van der Waals surface area contributed by atoms with Crippen LogP contribution in [0.4, 0.5) is 0 Å². The van der Waals surface area contributed by atoms with E-state index in [1.165, 1.54) is 24.3 Å². The Hall–Kier alpha value is -2.24. The van der Waals surface area contributed by atoms with E-state index in [1.54, 1.807) is 4.90 Å². The number of ether oxygens (including phenoxy) is 1. The fraction of sp³-hybridized carbons (Fsp3) is 0.579. The first-order chi connectivity index (χ1) is 13.7. The van der Waals surface area contributed by atoms with E-state index in [9.17, 15) is 40.2 Å². The normalized spacial score (nSPS) is 34.4. The number of aliphatic hydroxyl groups excluding tert-OH is 3. The Kier molecular flexibility index (Phi) is 6.39. The summed E-state index contributed by atoms with van der Waals surface area (Å²) in [5.41, 5.74) is 0.438. The summed E-state index contributed by atoms with van der Waals surface area (Å²) in [4.78, 5) is 25.1. The van der Waals surface area contributed by atoms with Crippen molar-refractivity contribution in [3.8, 4) is 5.75 Å². The highest BCUT2D eigenvalue weighted by Crippen LogP contribution is 2.36. The third-order valence-corrected chi connectivity index (χ3v) is 5.65. The summed E-state index contributed by atoms with van der Waals surface area (Å²) < 4.78 is 5.43. The molecule has 1 aromatic carbocycles. The van der Waals surface area contributed by atoms with E-state index in [4.69, 9.17) is 4.74 Å². The number of aliphatic hydroxyl groups is 3. The second-order valence-corrected chi connectivity index (χ2v) is 7.47. The van der Waals surface area contributed by atoms with Gasteiger partial charge in [0, 0.05) is 12.6 Å². The first-order valence-corrected chi connectivity index (χ1v) is 9.42. The van der Waals surface area contributed by atoms with Crippen LogP contribution in [0.3, 0.4) is 0 Å². The van der Waals surface area contributed by atoms with Crippen molar-refractivity contribution in [2.24, 2.45) is 0 Å². The van der Waals surface area contributed by atoms with Gasteiger partial charge in [0.1, 0.15) is 30.3 Å². The van der Waals surface area contributed by atoms with Crippen molar-refractivity contribution >= 4 is 11.9 Å². The lowest BCUT2D eigenvalue weighted by molar-refractivity contribution is -0.267. The van der Waals surface area contributed by atoms with Crippen LogP contribution in [-0.4, -0.2) is 90.7 Å². The van der Waals surface area contributed by atoms with Crippen LogP contribution >= 0.6 is 0 Å². The average molecular weight is 411 g/mol. The number of carboxylic acid groups (broad SMARTS) is 2. The molecule has 0 aliphatic carbocycles. The molecule has 10 heteroatoms. The fourth-order valence-electron chi connectivity index (χ4n) is 4.20. The summed E-state index contributed by atoms with van der Waals surface area (Å²) in [7, 11) is 0. The van der Waals surface area contributed by atoms with Gasteiger partial charge in [0.2, 0.25) is 0 Å². The average Bonchev–Trinajstić information content (AvgIpc) is 2.68. The van der Waals surface area contributed by atoms with Crippen molar-refractivity contribution in [3.63, 3.8) is 0 Å². The molecule has 2 saturated heterocycles. The SMILES string of the molecule is O=C(O)[C@H](c1ccc(O)cc1)[C@H]1CCCCN1[C@H]1O[C@@H](C(=O)O)[C@H](O)[C@@H](O)[C@@H]1O. The Morgan fingerprint density at radius 3 is 2.24 bits per heavy atom. The minimum atomic E-state index is -1.81. The van der Waals surface area contributed by atoms with Crippen LogP contribution < -0.4 is 0 Å². The molecule has 3 rings (SSSR count). The number of hydrogen-bond donors (Lipinski definition) is 6. The van der Waals surface area contributed by atoms with E-state index >= 15 is 0 Å². The van der Waals surface area contributed by atoms with Crippen LogP contribution in [0.25, 0.3) is 0 Å². The van der Waals surface area contributed by atoms with E-state index < -0.39 is 54.5 Å². The smallest absolute Gasteiger partial charge is 0.335 e. The molecule has 0 saturated carbocycles. The second kappa shape index (κ2) is 8.64. The summed E-state index contributed by atoms with van der Waals surface area (Å²) in [5.74, 6) is -3.65. The van der Waals surface area contributed by atoms with Crippen molar-refractivity contribution in [2.45, 2.75) is 61.9 Å². The van der Waals surface area contributed by atoms with Crippen LogP contribution in [0.1, 0.15) is 30.7 Å². The number of hydrogen-bond acceptors (Lipinski definition) is 8. The lowest BCUT2D eigenvalue weighted by Crippen LogP contribution is -2.66. The van der Waals surface area contributed by atoms with Gasteiger partial charge >= 0.3 is 11.9 Å². The molecular formula is C19H25NO9. The van der Waals surface area contributed by atoms with Gasteiger partial charge in [-0.05, 0) is 30.5 Å². The quantitative estimate of drug-likeness (QED) is 0.365. The van der Waals surface area contributed by atoms with Crippen molar-refractivity contribution in [1.82, 2.24) is 4.90 Å². The molecule has 0 bridgehead atoms. The molecule has 0 amide bonds. The van der Waals surface area contributed by atoms with Gasteiger partial charge in [0.05, 0.1) is 5.92 Å². The first kappa shape index (κ1) is 21.5. The number of benzene rings is 1. The number of aromatic hydroxyl groups is 1. The minimum absolute atomic E-state index is 0.00849. The highest BCUT2D eigenvalue weighted by molar-refractivity contribution is 5.77. The van der Waals surface area contributed by atoms with Gasteiger partial charge in [-0.1, -0.05) is 18.6 Å². The number of likely N-dealkylation sites (tertiary alicyclic amines) is 1. The van der Waals surface area contributed by atoms with Gasteiger partial charge < -0.3 is 35.4 Å². The summed E-state index contributed by atoms with van der Waals surface area (Å²) >= 11 is 0. The third-order valence-electron chi connectivity index (χ3n) is 5.65. The maximum Gasteiger partial charge on any atom is 0.335 e. The largest absolute Gasteiger partial charge is 0.508 e. The van der Waals surface area contributed by atoms with Gasteiger partial charge in [-0.15, -0.1) is 0 Å². The number of phenols is 1. The number of phenolic OH excluding ortho intramolecular Hbond substituents is 1. The first-order valence-electron chi connectivity index (χ1n) is 9.42. The maximum atomic E-state index is 12.1. The summed E-state index contributed by atoms with van der Waals surface area (Å²) in [6.45, 7) is 0.323. The lowest BCUT2D eigenvalue weighted by atomic mass is 9.84. The molecule has 10 nitrogen and oxygen atoms in total. The highest BCUT2D eigenvalue weighted by atomic mass is 16.6. The van der Waals surface area contributed by atoms with Crippen LogP contribution in [-0.2, 0) is 14.3 Å². The fourth-order valence-corrected chi connectivity index (χ4v) is 4.20. The van der Waals surface area contributed by atoms with Crippen LogP contribution in [0.5, 0.6) is 5.75 Å². The zero-order chi connectivity index (χ0) is 21.3. The molecule has 2 fully saturated rings. The van der Waals surface area contributed by atoms with Crippen LogP contribution in [0.2, 0.25) is 0 Å². The van der Waals surface area contributed by atoms with E-state index in [2.05, 4.69) is 0 Å². The Morgan fingerprint density at radius 2 is 1.66 bits per heavy atom. The summed E-state index contributed by atoms with van der Waals surface area (Å²) in [6.07, 6.45) is -6.39. The van der Waals surface area contributed by atoms with Crippen molar-refractivity contribution < 1.29 is 45.0 Å². The Bertz CT molecular complexity index is 740. The standard InChI is InChI=1S/C19H25NO9/c21-10-6-4-9(5-7-10)12(18(25)26)11-3-1-2-8-20(11)17-15(24)13(22)14(23)16(29-17)19(27)28/h4-7,11-17,21-24H,1-3,8H2,(H,25,26)(H,27,28)/t11-,12-,13-,14-,15+,16-,17+/m1/s1. The monoisotopic (exact) mass is 411 g/mol. The topological polar surface area (TPSA) is 168 Å². The maximum absolute atomic E-state index is 12.1. The van der Waals surface area contributed by atoms with E-state index in [0.717, 1.165) is 6.42 Å². The highest BCUT2D eigenvalue weighted by Gasteiger charge is 2.51. The molecule has 2 aliphatic heterocycles. The van der Waals surface area contributed by atoms with E-state index in [1.807, 2.05) is 0 Å². The minimum Gasteiger partial charge on any atom is -0.508 e. The molecule has 29 heavy (non-hydrogen) atoms. The van der Waals surface area contributed by atoms with Gasteiger partial charge in [0.25, 0.3) is 0 Å². The molecule has 0 radical (unpaired) electrons. The van der Waals surface area contributed by atoms with E-state index in [-0.39, 0.29) is 5.75 Å². The summed E-state index contributed by atoms with van der Waals surface area (Å²) in [6, 6.07) is 5.10. The van der Waals surface area contributed by atoms with Crippen LogP contribution in [0, 0.1) is 0 Å². The molecule has 2 heterocycles. The van der Waals surface area contributed by atoms with Gasteiger partial charge in [-0.3, -0.25) is 9.69 Å². The molecule has 160 valence electrons. The lowest BCUT2D eigenvalue weighted by Gasteiger charge is -2.49. The predicted octanol–water partition coefficient (Wildman–Crippen LogP) is -0.693. The molecular weight excluding hydrogens is 386 g/mol. The van der Waals surface area contributed by atoms with E-state index in [0.29, 0.717) is 24.9 Å². The third kappa shape index (κ3) is 4.21. The molecule has 0 unspecified atom stereocenters. The second-order valence-electron chi connectivity index (χ2n) is 7.47. The number of aliphatic carboxylic acids is 2. The van der Waals surface area contributed by atoms with Gasteiger partial charge in [-0.25, -0.2) is 4.79 Å². The Balaban J connectivity index is 1.94. The van der Waals surface area contributed by atoms with Crippen molar-refractivity contribution in [1.29, 1.82) is 0 Å². The predicted molar refractivity (Wildman–Crippen MR) is 97.1 cm³/mol. The molecule has 7 atom stereocenters. The Morgan fingerprint density at radius 1 is 1.00 bits per heavy atom. The summed E-state index contributed by atoms with van der Waals surface area (Å²) in [5, 5.41) is 59.2. The zero-order valence-corrected chi connectivity index (χ0v) is 15.5. The number of carbonyl (C=O) groups is 2. The Labute approximate surface area is 166 Å². The molecule has 0 aromatic heterocycles. The number of rotatable bonds is 5. The molecule has 2 aliphatic rings. The van der Waals surface area contributed by atoms with Crippen molar-refractivity contribution in [3.05, 3.63) is 29.8 Å². The van der Waals surface area contributed by atoms with Crippen LogP contribution in [0.15, 0.2) is 24.3 Å². The molecule has 0 spiro atoms. The molecule has 6 N–H and O–H groups in total. The molecule has 1 aromatic rings. The van der Waals surface area contributed by atoms with Gasteiger partial charge in [-0.2, -0.15) is 0 Å². The number of carboxylic acids is 2. The zero-order valence-electron chi connectivity index (χ0n) is 15.5. The number of piperidine rings is 1. The number of nitrogens with zero attached hydrogens (tertiary/aromatic N) is 1.